The molecule has 222 valence electrons. The molecule has 9 rings (SSSR count). The zero-order valence-corrected chi connectivity index (χ0v) is 25.9. The summed E-state index contributed by atoms with van der Waals surface area (Å²) in [5.41, 5.74) is 13.9. The normalized spacial score (nSPS) is 13.0. The van der Waals surface area contributed by atoms with E-state index in [1.54, 1.807) is 0 Å². The average molecular weight is 602 g/mol. The van der Waals surface area contributed by atoms with Crippen molar-refractivity contribution in [1.82, 2.24) is 15.0 Å². The molecule has 0 saturated heterocycles. The van der Waals surface area contributed by atoms with Crippen LogP contribution in [-0.2, 0) is 6.42 Å². The fraction of sp³-hybridized carbons (Fsp3) is 0.0682. The molecule has 0 N–H and O–H groups in total. The van der Waals surface area contributed by atoms with Crippen LogP contribution in [-0.4, -0.2) is 15.0 Å². The summed E-state index contributed by atoms with van der Waals surface area (Å²) in [5.74, 6) is 0. The highest BCUT2D eigenvalue weighted by molar-refractivity contribution is 6.10. The molecule has 1 aliphatic carbocycles. The van der Waals surface area contributed by atoms with E-state index in [0.29, 0.717) is 0 Å². The molecule has 0 bridgehead atoms. The summed E-state index contributed by atoms with van der Waals surface area (Å²) in [6.45, 7) is 0. The van der Waals surface area contributed by atoms with E-state index in [9.17, 15) is 0 Å². The van der Waals surface area contributed by atoms with Gasteiger partial charge in [-0.25, -0.2) is 0 Å². The monoisotopic (exact) mass is 601 g/mol. The smallest absolute Gasteiger partial charge is 0.0971 e. The third kappa shape index (κ3) is 4.79. The maximum absolute atomic E-state index is 5.00. The van der Waals surface area contributed by atoms with Gasteiger partial charge in [0.2, 0.25) is 0 Å². The Hall–Kier alpha value is -5.93. The van der Waals surface area contributed by atoms with Crippen molar-refractivity contribution in [2.75, 3.05) is 0 Å². The fourth-order valence-electron chi connectivity index (χ4n) is 7.27. The van der Waals surface area contributed by atoms with Crippen LogP contribution in [0.3, 0.4) is 0 Å². The molecule has 0 atom stereocenters. The number of hydrogen-bond acceptors (Lipinski definition) is 3. The maximum Gasteiger partial charge on any atom is 0.0971 e. The number of fused-ring (bicyclic) bond motifs is 8. The predicted octanol–water partition coefficient (Wildman–Crippen LogP) is 11.1. The summed E-state index contributed by atoms with van der Waals surface area (Å²) in [5, 5.41) is 4.69. The van der Waals surface area contributed by atoms with Gasteiger partial charge >= 0.3 is 0 Å². The Balaban J connectivity index is 1.14. The van der Waals surface area contributed by atoms with Gasteiger partial charge in [0.05, 0.1) is 16.7 Å². The summed E-state index contributed by atoms with van der Waals surface area (Å²) < 4.78 is 0. The lowest BCUT2D eigenvalue weighted by Gasteiger charge is -2.19. The summed E-state index contributed by atoms with van der Waals surface area (Å²) in [4.78, 5) is 14.3. The van der Waals surface area contributed by atoms with Crippen molar-refractivity contribution in [3.05, 3.63) is 169 Å². The second-order valence-corrected chi connectivity index (χ2v) is 12.3. The molecule has 47 heavy (non-hydrogen) atoms. The minimum atomic E-state index is 0.901. The summed E-state index contributed by atoms with van der Waals surface area (Å²) >= 11 is 0. The Morgan fingerprint density at radius 2 is 1.30 bits per heavy atom. The number of allylic oxidation sites excluding steroid dienone is 1. The highest BCUT2D eigenvalue weighted by Gasteiger charge is 2.19. The Bertz CT molecular complexity index is 2490. The van der Waals surface area contributed by atoms with Gasteiger partial charge in [0.15, 0.2) is 0 Å². The number of aryl methyl sites for hydroxylation is 1. The first kappa shape index (κ1) is 27.4. The molecule has 0 radical (unpaired) electrons. The van der Waals surface area contributed by atoms with Crippen LogP contribution in [0.25, 0.3) is 71.7 Å². The Labute approximate surface area is 273 Å². The molecule has 0 unspecified atom stereocenters. The molecule has 0 aliphatic heterocycles. The number of hydrogen-bond donors (Lipinski definition) is 0. The maximum atomic E-state index is 5.00. The molecule has 0 amide bonds. The molecular weight excluding hydrogens is 571 g/mol. The first-order valence-corrected chi connectivity index (χ1v) is 16.3. The van der Waals surface area contributed by atoms with Crippen LogP contribution in [0.1, 0.15) is 29.5 Å². The van der Waals surface area contributed by atoms with Gasteiger partial charge in [0, 0.05) is 40.5 Å². The lowest BCUT2D eigenvalue weighted by atomic mass is 9.85. The molecule has 3 heterocycles. The number of aromatic nitrogens is 3. The predicted molar refractivity (Wildman–Crippen MR) is 195 cm³/mol. The molecular formula is C44H31N3. The number of rotatable bonds is 3. The third-order valence-electron chi connectivity index (χ3n) is 9.51. The molecule has 1 aliphatic rings. The Morgan fingerprint density at radius 3 is 2.23 bits per heavy atom. The van der Waals surface area contributed by atoms with Crippen LogP contribution in [0.4, 0.5) is 0 Å². The van der Waals surface area contributed by atoms with Crippen molar-refractivity contribution in [3.63, 3.8) is 0 Å². The van der Waals surface area contributed by atoms with E-state index in [4.69, 9.17) is 4.98 Å². The van der Waals surface area contributed by atoms with Gasteiger partial charge in [-0.2, -0.15) is 0 Å². The van der Waals surface area contributed by atoms with Gasteiger partial charge in [-0.05, 0) is 99.3 Å². The zero-order chi connectivity index (χ0) is 31.2. The molecule has 3 aromatic heterocycles. The second kappa shape index (κ2) is 11.5. The molecule has 3 nitrogen and oxygen atoms in total. The topological polar surface area (TPSA) is 38.7 Å². The number of nitrogens with zero attached hydrogens (tertiary/aromatic N) is 3. The number of benzene rings is 5. The van der Waals surface area contributed by atoms with Gasteiger partial charge in [0.1, 0.15) is 0 Å². The van der Waals surface area contributed by atoms with Crippen molar-refractivity contribution in [2.45, 2.75) is 19.3 Å². The molecule has 5 aromatic carbocycles. The van der Waals surface area contributed by atoms with Crippen LogP contribution in [0.5, 0.6) is 0 Å². The molecule has 0 fully saturated rings. The van der Waals surface area contributed by atoms with Gasteiger partial charge < -0.3 is 0 Å². The van der Waals surface area contributed by atoms with E-state index in [0.717, 1.165) is 63.5 Å². The van der Waals surface area contributed by atoms with E-state index >= 15 is 0 Å². The first-order valence-electron chi connectivity index (χ1n) is 16.3. The Kier molecular flexibility index (Phi) is 6.68. The second-order valence-electron chi connectivity index (χ2n) is 12.3. The minimum Gasteiger partial charge on any atom is -0.256 e. The van der Waals surface area contributed by atoms with Crippen molar-refractivity contribution in [2.24, 2.45) is 0 Å². The Morgan fingerprint density at radius 1 is 0.489 bits per heavy atom. The SMILES string of the molecule is C1=C(c2cccc(-c3ccc(-c4cc5cccnc5c5ncccc45)nc3)c2)c2ccc3ccccc3c2-c2ccccc2CCC1. The molecule has 0 spiro atoms. The van der Waals surface area contributed by atoms with Crippen molar-refractivity contribution >= 4 is 38.2 Å². The van der Waals surface area contributed by atoms with Gasteiger partial charge in [-0.15, -0.1) is 0 Å². The van der Waals surface area contributed by atoms with E-state index in [1.807, 2.05) is 30.7 Å². The summed E-state index contributed by atoms with van der Waals surface area (Å²) in [6.07, 6.45) is 11.3. The van der Waals surface area contributed by atoms with Gasteiger partial charge in [0.25, 0.3) is 0 Å². The van der Waals surface area contributed by atoms with Crippen LogP contribution >= 0.6 is 0 Å². The number of pyridine rings is 3. The van der Waals surface area contributed by atoms with Crippen LogP contribution < -0.4 is 0 Å². The lowest BCUT2D eigenvalue weighted by molar-refractivity contribution is 0.846. The highest BCUT2D eigenvalue weighted by Crippen LogP contribution is 2.42. The molecule has 3 heteroatoms. The summed E-state index contributed by atoms with van der Waals surface area (Å²) in [6, 6.07) is 45.9. The summed E-state index contributed by atoms with van der Waals surface area (Å²) in [7, 11) is 0. The van der Waals surface area contributed by atoms with Crippen molar-refractivity contribution < 1.29 is 0 Å². The van der Waals surface area contributed by atoms with Crippen LogP contribution in [0.15, 0.2) is 152 Å². The standard InChI is InChI=1S/C44H31N3/c1-4-16-35(38-22-20-30-12-3-6-18-37(30)42(38)36-17-5-2-11-29(36)10-1)32-14-7-13-31(26-32)34-21-23-41(47-28-34)40-27-33-15-8-24-45-43(33)44-39(40)19-9-25-46-44/h2-3,5-9,11-28H,1,4,10H2. The quantitative estimate of drug-likeness (QED) is 0.189. The van der Waals surface area contributed by atoms with Crippen molar-refractivity contribution in [1.29, 1.82) is 0 Å². The zero-order valence-electron chi connectivity index (χ0n) is 25.9. The average Bonchev–Trinajstić information content (AvgIpc) is 3.22. The highest BCUT2D eigenvalue weighted by atomic mass is 14.7. The largest absolute Gasteiger partial charge is 0.256 e. The van der Waals surface area contributed by atoms with E-state index in [-0.39, 0.29) is 0 Å². The van der Waals surface area contributed by atoms with Crippen LogP contribution in [0.2, 0.25) is 0 Å². The van der Waals surface area contributed by atoms with Gasteiger partial charge in [-0.3, -0.25) is 15.0 Å². The lowest BCUT2D eigenvalue weighted by Crippen LogP contribution is -1.96. The molecule has 8 aromatic rings. The van der Waals surface area contributed by atoms with Gasteiger partial charge in [-0.1, -0.05) is 103 Å². The fourth-order valence-corrected chi connectivity index (χ4v) is 7.27. The van der Waals surface area contributed by atoms with Crippen molar-refractivity contribution in [3.8, 4) is 33.5 Å². The minimum absolute atomic E-state index is 0.901. The first-order chi connectivity index (χ1) is 23.3. The van der Waals surface area contributed by atoms with E-state index < -0.39 is 0 Å². The van der Waals surface area contributed by atoms with Crippen LogP contribution in [0, 0.1) is 0 Å². The molecule has 0 saturated carbocycles. The third-order valence-corrected chi connectivity index (χ3v) is 9.51. The van der Waals surface area contributed by atoms with E-state index in [2.05, 4.69) is 131 Å². The van der Waals surface area contributed by atoms with E-state index in [1.165, 1.54) is 44.2 Å².